The first-order chi connectivity index (χ1) is 12.4. The Kier molecular flexibility index (Phi) is 4.86. The fourth-order valence-electron chi connectivity index (χ4n) is 2.67. The van der Waals surface area contributed by atoms with Gasteiger partial charge in [-0.2, -0.15) is 0 Å². The Balaban J connectivity index is 1.83. The maximum absolute atomic E-state index is 12.7. The molecule has 1 atom stereocenters. The number of fused-ring (bicyclic) bond motifs is 1. The average Bonchev–Trinajstić information content (AvgIpc) is 3.06. The van der Waals surface area contributed by atoms with Gasteiger partial charge in [0.1, 0.15) is 11.3 Å². The van der Waals surface area contributed by atoms with E-state index in [1.165, 1.54) is 26.2 Å². The number of ether oxygens (including phenoxy) is 2. The number of rotatable bonds is 5. The van der Waals surface area contributed by atoms with Crippen LogP contribution in [-0.4, -0.2) is 30.0 Å². The van der Waals surface area contributed by atoms with Gasteiger partial charge in [0.15, 0.2) is 6.10 Å². The number of benzene rings is 2. The number of aromatic amines is 1. The zero-order valence-corrected chi connectivity index (χ0v) is 15.0. The van der Waals surface area contributed by atoms with Crippen LogP contribution >= 0.6 is 11.6 Å². The molecule has 6 nitrogen and oxygen atoms in total. The van der Waals surface area contributed by atoms with Gasteiger partial charge in [-0.25, -0.2) is 4.79 Å². The molecule has 0 radical (unpaired) electrons. The molecular formula is C19H17ClN2O4. The van der Waals surface area contributed by atoms with Crippen LogP contribution in [0.2, 0.25) is 5.02 Å². The minimum absolute atomic E-state index is 0.102. The summed E-state index contributed by atoms with van der Waals surface area (Å²) in [6, 6.07) is 10.2. The van der Waals surface area contributed by atoms with Crippen LogP contribution in [0.1, 0.15) is 27.6 Å². The van der Waals surface area contributed by atoms with Crippen molar-refractivity contribution in [3.8, 4) is 5.75 Å². The molecule has 3 aromatic rings. The molecule has 0 spiro atoms. The van der Waals surface area contributed by atoms with Crippen LogP contribution in [-0.2, 0) is 4.74 Å². The molecule has 134 valence electrons. The summed E-state index contributed by atoms with van der Waals surface area (Å²) in [5, 5.41) is 0.974. The lowest BCUT2D eigenvalue weighted by molar-refractivity contribution is 0.0316. The highest BCUT2D eigenvalue weighted by Gasteiger charge is 2.25. The van der Waals surface area contributed by atoms with Crippen molar-refractivity contribution in [1.29, 1.82) is 0 Å². The number of hydrogen-bond acceptors (Lipinski definition) is 5. The second-order valence-corrected chi connectivity index (χ2v) is 6.14. The molecule has 0 aliphatic heterocycles. The van der Waals surface area contributed by atoms with E-state index in [1.807, 2.05) is 24.3 Å². The van der Waals surface area contributed by atoms with Crippen molar-refractivity contribution in [3.05, 3.63) is 58.7 Å². The Morgan fingerprint density at radius 1 is 1.19 bits per heavy atom. The molecule has 26 heavy (non-hydrogen) atoms. The fourth-order valence-corrected chi connectivity index (χ4v) is 2.83. The van der Waals surface area contributed by atoms with Gasteiger partial charge in [0.2, 0.25) is 5.78 Å². The molecule has 2 aromatic carbocycles. The van der Waals surface area contributed by atoms with Crippen LogP contribution in [0.5, 0.6) is 5.75 Å². The van der Waals surface area contributed by atoms with Gasteiger partial charge in [0.25, 0.3) is 0 Å². The first-order valence-electron chi connectivity index (χ1n) is 7.86. The molecule has 1 heterocycles. The zero-order valence-electron chi connectivity index (χ0n) is 14.2. The predicted molar refractivity (Wildman–Crippen MR) is 99.9 cm³/mol. The van der Waals surface area contributed by atoms with E-state index < -0.39 is 12.1 Å². The van der Waals surface area contributed by atoms with Crippen molar-refractivity contribution in [3.63, 3.8) is 0 Å². The molecule has 3 rings (SSSR count). The number of hydrogen-bond donors (Lipinski definition) is 2. The summed E-state index contributed by atoms with van der Waals surface area (Å²) in [7, 11) is 1.40. The lowest BCUT2D eigenvalue weighted by atomic mass is 10.1. The summed E-state index contributed by atoms with van der Waals surface area (Å²) < 4.78 is 10.5. The van der Waals surface area contributed by atoms with Crippen molar-refractivity contribution in [2.24, 2.45) is 0 Å². The summed E-state index contributed by atoms with van der Waals surface area (Å²) in [5.41, 5.74) is 7.39. The summed E-state index contributed by atoms with van der Waals surface area (Å²) in [6.07, 6.45) is 0.626. The van der Waals surface area contributed by atoms with Crippen molar-refractivity contribution in [1.82, 2.24) is 4.98 Å². The quantitative estimate of drug-likeness (QED) is 0.403. The van der Waals surface area contributed by atoms with Gasteiger partial charge in [-0.1, -0.05) is 29.8 Å². The molecule has 7 heteroatoms. The van der Waals surface area contributed by atoms with Crippen molar-refractivity contribution in [2.45, 2.75) is 13.0 Å². The van der Waals surface area contributed by atoms with Gasteiger partial charge in [-0.15, -0.1) is 0 Å². The molecule has 0 aliphatic carbocycles. The third kappa shape index (κ3) is 3.23. The second kappa shape index (κ2) is 7.09. The zero-order chi connectivity index (χ0) is 18.8. The Labute approximate surface area is 154 Å². The van der Waals surface area contributed by atoms with E-state index in [2.05, 4.69) is 4.98 Å². The van der Waals surface area contributed by atoms with E-state index in [0.29, 0.717) is 5.56 Å². The van der Waals surface area contributed by atoms with Crippen LogP contribution in [0.3, 0.4) is 0 Å². The van der Waals surface area contributed by atoms with E-state index >= 15 is 0 Å². The Hall–Kier alpha value is -2.99. The number of nitrogens with two attached hydrogens (primary N) is 1. The van der Waals surface area contributed by atoms with E-state index in [9.17, 15) is 9.59 Å². The molecule has 0 fully saturated rings. The van der Waals surface area contributed by atoms with Gasteiger partial charge >= 0.3 is 5.97 Å². The number of halogens is 1. The van der Waals surface area contributed by atoms with Gasteiger partial charge in [0.05, 0.1) is 17.8 Å². The molecule has 0 unspecified atom stereocenters. The van der Waals surface area contributed by atoms with Gasteiger partial charge < -0.3 is 20.2 Å². The minimum Gasteiger partial charge on any atom is -0.496 e. The number of carbonyl (C=O) groups is 2. The molecular weight excluding hydrogens is 356 g/mol. The smallest absolute Gasteiger partial charge is 0.342 e. The number of methoxy groups -OCH3 is 1. The van der Waals surface area contributed by atoms with Crippen LogP contribution < -0.4 is 10.5 Å². The van der Waals surface area contributed by atoms with E-state index in [1.54, 1.807) is 6.20 Å². The third-order valence-electron chi connectivity index (χ3n) is 4.05. The number of nitrogens with one attached hydrogen (secondary N) is 1. The van der Waals surface area contributed by atoms with Gasteiger partial charge in [-0.05, 0) is 19.1 Å². The SMILES string of the molecule is COc1cc(N)c(Cl)cc1C(=O)O[C@@H](C)C(=O)c1c[nH]c2ccccc12. The molecule has 0 saturated heterocycles. The number of ketones is 1. The first kappa shape index (κ1) is 17.8. The fraction of sp³-hybridized carbons (Fsp3) is 0.158. The topological polar surface area (TPSA) is 94.4 Å². The highest BCUT2D eigenvalue weighted by molar-refractivity contribution is 6.33. The summed E-state index contributed by atoms with van der Waals surface area (Å²) in [6.45, 7) is 1.52. The van der Waals surface area contributed by atoms with Crippen molar-refractivity contribution >= 4 is 39.9 Å². The Morgan fingerprint density at radius 2 is 1.92 bits per heavy atom. The molecule has 3 N–H and O–H groups in total. The largest absolute Gasteiger partial charge is 0.496 e. The van der Waals surface area contributed by atoms with Crippen LogP contribution in [0.15, 0.2) is 42.6 Å². The molecule has 0 bridgehead atoms. The maximum atomic E-state index is 12.7. The molecule has 0 amide bonds. The number of carbonyl (C=O) groups excluding carboxylic acids is 2. The lowest BCUT2D eigenvalue weighted by Crippen LogP contribution is -2.24. The second-order valence-electron chi connectivity index (χ2n) is 5.73. The van der Waals surface area contributed by atoms with Crippen molar-refractivity contribution in [2.75, 3.05) is 12.8 Å². The van der Waals surface area contributed by atoms with Crippen LogP contribution in [0.4, 0.5) is 5.69 Å². The summed E-state index contributed by atoms with van der Waals surface area (Å²) in [5.74, 6) is -0.801. The standard InChI is InChI=1S/C19H17ClN2O4/c1-10(18(23)13-9-22-16-6-4-3-5-11(13)16)26-19(24)12-7-14(20)15(21)8-17(12)25-2/h3-10,22H,21H2,1-2H3/t10-/m0/s1. The average molecular weight is 373 g/mol. The number of H-pyrrole nitrogens is 1. The van der Waals surface area contributed by atoms with Crippen LogP contribution in [0, 0.1) is 0 Å². The number of Topliss-reactive ketones (excluding diaryl/α,β-unsaturated/α-hetero) is 1. The number of esters is 1. The van der Waals surface area contributed by atoms with Gasteiger partial charge in [0, 0.05) is 28.7 Å². The number of para-hydroxylation sites is 1. The highest BCUT2D eigenvalue weighted by Crippen LogP contribution is 2.30. The number of aromatic nitrogens is 1. The monoisotopic (exact) mass is 372 g/mol. The molecule has 0 saturated carbocycles. The Morgan fingerprint density at radius 3 is 2.65 bits per heavy atom. The van der Waals surface area contributed by atoms with E-state index in [4.69, 9.17) is 26.8 Å². The van der Waals surface area contributed by atoms with E-state index in [0.717, 1.165) is 10.9 Å². The normalized spacial score (nSPS) is 12.0. The summed E-state index contributed by atoms with van der Waals surface area (Å²) in [4.78, 5) is 28.2. The lowest BCUT2D eigenvalue weighted by Gasteiger charge is -2.14. The Bertz CT molecular complexity index is 996. The molecule has 0 aliphatic rings. The highest BCUT2D eigenvalue weighted by atomic mass is 35.5. The van der Waals surface area contributed by atoms with Gasteiger partial charge in [-0.3, -0.25) is 4.79 Å². The number of anilines is 1. The van der Waals surface area contributed by atoms with E-state index in [-0.39, 0.29) is 27.8 Å². The number of nitrogen functional groups attached to an aromatic ring is 1. The minimum atomic E-state index is -0.984. The third-order valence-corrected chi connectivity index (χ3v) is 4.37. The summed E-state index contributed by atoms with van der Waals surface area (Å²) >= 11 is 5.97. The first-order valence-corrected chi connectivity index (χ1v) is 8.24. The van der Waals surface area contributed by atoms with Crippen molar-refractivity contribution < 1.29 is 19.1 Å². The molecule has 1 aromatic heterocycles. The predicted octanol–water partition coefficient (Wildman–Crippen LogP) is 3.84. The maximum Gasteiger partial charge on any atom is 0.342 e. The van der Waals surface area contributed by atoms with Crippen LogP contribution in [0.25, 0.3) is 10.9 Å².